The Morgan fingerprint density at radius 2 is 2.04 bits per heavy atom. The van der Waals surface area contributed by atoms with E-state index in [0.29, 0.717) is 0 Å². The number of ether oxygens (including phenoxy) is 1. The fourth-order valence-electron chi connectivity index (χ4n) is 3.82. The fourth-order valence-corrected chi connectivity index (χ4v) is 3.82. The Labute approximate surface area is 151 Å². The Kier molecular flexibility index (Phi) is 4.28. The topological polar surface area (TPSA) is 73.1 Å². The molecule has 7 nitrogen and oxygen atoms in total. The van der Waals surface area contributed by atoms with Crippen molar-refractivity contribution in [3.63, 3.8) is 0 Å². The molecule has 0 saturated carbocycles. The summed E-state index contributed by atoms with van der Waals surface area (Å²) < 4.78 is 7.00. The van der Waals surface area contributed by atoms with Crippen molar-refractivity contribution in [2.45, 2.75) is 31.8 Å². The zero-order chi connectivity index (χ0) is 18.1. The molecule has 1 aliphatic rings. The van der Waals surface area contributed by atoms with Gasteiger partial charge in [-0.05, 0) is 47.2 Å². The first kappa shape index (κ1) is 16.5. The zero-order valence-electron chi connectivity index (χ0n) is 14.9. The largest absolute Gasteiger partial charge is 0.496 e. The van der Waals surface area contributed by atoms with Crippen LogP contribution in [0.1, 0.15) is 37.4 Å². The van der Waals surface area contributed by atoms with Gasteiger partial charge in [-0.25, -0.2) is 4.68 Å². The number of likely N-dealkylation sites (tertiary alicyclic amines) is 1. The first-order valence-electron chi connectivity index (χ1n) is 8.79. The van der Waals surface area contributed by atoms with Crippen LogP contribution in [0.4, 0.5) is 0 Å². The lowest BCUT2D eigenvalue weighted by Crippen LogP contribution is -2.36. The summed E-state index contributed by atoms with van der Waals surface area (Å²) in [6, 6.07) is 11.9. The van der Waals surface area contributed by atoms with E-state index in [-0.39, 0.29) is 11.9 Å². The molecule has 1 amide bonds. The summed E-state index contributed by atoms with van der Waals surface area (Å²) in [7, 11) is 1.68. The summed E-state index contributed by atoms with van der Waals surface area (Å²) in [5, 5.41) is 13.3. The van der Waals surface area contributed by atoms with Crippen LogP contribution < -0.4 is 4.74 Å². The molecule has 1 aliphatic heterocycles. The smallest absolute Gasteiger partial charge is 0.247 e. The van der Waals surface area contributed by atoms with Crippen LogP contribution in [0, 0.1) is 0 Å². The lowest BCUT2D eigenvalue weighted by molar-refractivity contribution is -0.135. The van der Waals surface area contributed by atoms with Gasteiger partial charge in [-0.3, -0.25) is 4.79 Å². The van der Waals surface area contributed by atoms with Gasteiger partial charge in [-0.15, -0.1) is 5.10 Å². The number of carbonyl (C=O) groups excluding carboxylic acids is 1. The normalized spacial score (nSPS) is 18.2. The van der Waals surface area contributed by atoms with Crippen LogP contribution in [0.5, 0.6) is 5.75 Å². The average Bonchev–Trinajstić information content (AvgIpc) is 3.37. The minimum atomic E-state index is -0.421. The average molecular weight is 351 g/mol. The minimum Gasteiger partial charge on any atom is -0.496 e. The van der Waals surface area contributed by atoms with E-state index in [9.17, 15) is 4.79 Å². The van der Waals surface area contributed by atoms with Gasteiger partial charge in [0.1, 0.15) is 18.1 Å². The first-order chi connectivity index (χ1) is 12.7. The molecule has 7 heteroatoms. The minimum absolute atomic E-state index is 0.0414. The summed E-state index contributed by atoms with van der Waals surface area (Å²) in [5.41, 5.74) is 1.16. The van der Waals surface area contributed by atoms with Crippen LogP contribution in [-0.2, 0) is 4.79 Å². The molecule has 134 valence electrons. The standard InChI is InChI=1S/C19H21N5O2/c1-13(24-12-20-21-22-24)19(25)23-11-5-8-17(23)15-9-10-18(26-2)16-7-4-3-6-14(15)16/h3-4,6-7,9-10,12-13,17H,5,8,11H2,1-2H3/t13-,17?/m0/s1. The number of methoxy groups -OCH3 is 1. The van der Waals surface area contributed by atoms with Gasteiger partial charge in [0, 0.05) is 11.9 Å². The van der Waals surface area contributed by atoms with Crippen molar-refractivity contribution in [1.82, 2.24) is 25.1 Å². The van der Waals surface area contributed by atoms with E-state index in [1.807, 2.05) is 30.0 Å². The lowest BCUT2D eigenvalue weighted by atomic mass is 9.96. The van der Waals surface area contributed by atoms with Gasteiger partial charge in [-0.1, -0.05) is 30.3 Å². The molecular weight excluding hydrogens is 330 g/mol. The summed E-state index contributed by atoms with van der Waals surface area (Å²) >= 11 is 0. The third-order valence-electron chi connectivity index (χ3n) is 5.15. The second-order valence-corrected chi connectivity index (χ2v) is 6.56. The number of tetrazole rings is 1. The monoisotopic (exact) mass is 351 g/mol. The highest BCUT2D eigenvalue weighted by Gasteiger charge is 2.34. The van der Waals surface area contributed by atoms with Gasteiger partial charge in [0.15, 0.2) is 0 Å². The van der Waals surface area contributed by atoms with Crippen LogP contribution in [0.3, 0.4) is 0 Å². The second-order valence-electron chi connectivity index (χ2n) is 6.56. The number of rotatable bonds is 4. The lowest BCUT2D eigenvalue weighted by Gasteiger charge is -2.28. The molecule has 0 bridgehead atoms. The molecule has 0 spiro atoms. The molecule has 1 fully saturated rings. The van der Waals surface area contributed by atoms with Gasteiger partial charge in [0.2, 0.25) is 5.91 Å². The molecule has 1 aromatic heterocycles. The van der Waals surface area contributed by atoms with E-state index in [1.54, 1.807) is 7.11 Å². The quantitative estimate of drug-likeness (QED) is 0.723. The SMILES string of the molecule is COc1ccc(C2CCCN2C(=O)[C@H](C)n2cnnn2)c2ccccc12. The Morgan fingerprint density at radius 3 is 2.77 bits per heavy atom. The van der Waals surface area contributed by atoms with Crippen LogP contribution in [0.2, 0.25) is 0 Å². The van der Waals surface area contributed by atoms with Crippen molar-refractivity contribution in [2.75, 3.05) is 13.7 Å². The van der Waals surface area contributed by atoms with E-state index < -0.39 is 6.04 Å². The number of hydrogen-bond acceptors (Lipinski definition) is 5. The summed E-state index contributed by atoms with van der Waals surface area (Å²) in [4.78, 5) is 15.0. The van der Waals surface area contributed by atoms with Gasteiger partial charge in [0.25, 0.3) is 0 Å². The number of fused-ring (bicyclic) bond motifs is 1. The molecule has 2 atom stereocenters. The molecule has 4 rings (SSSR count). The third-order valence-corrected chi connectivity index (χ3v) is 5.15. The maximum Gasteiger partial charge on any atom is 0.247 e. The summed E-state index contributed by atoms with van der Waals surface area (Å²) in [6.07, 6.45) is 3.42. The Balaban J connectivity index is 1.71. The van der Waals surface area contributed by atoms with E-state index in [0.717, 1.165) is 41.5 Å². The molecule has 0 N–H and O–H groups in total. The second kappa shape index (κ2) is 6.74. The van der Waals surface area contributed by atoms with Crippen molar-refractivity contribution in [2.24, 2.45) is 0 Å². The number of benzene rings is 2. The number of nitrogens with zero attached hydrogens (tertiary/aromatic N) is 5. The molecular formula is C19H21N5O2. The summed E-state index contributed by atoms with van der Waals surface area (Å²) in [6.45, 7) is 2.58. The maximum atomic E-state index is 13.1. The van der Waals surface area contributed by atoms with E-state index in [1.165, 1.54) is 11.0 Å². The van der Waals surface area contributed by atoms with Gasteiger partial charge < -0.3 is 9.64 Å². The van der Waals surface area contributed by atoms with Crippen LogP contribution in [-0.4, -0.2) is 44.7 Å². The highest BCUT2D eigenvalue weighted by Crippen LogP contribution is 2.39. The highest BCUT2D eigenvalue weighted by atomic mass is 16.5. The Morgan fingerprint density at radius 1 is 1.23 bits per heavy atom. The number of hydrogen-bond donors (Lipinski definition) is 0. The zero-order valence-corrected chi connectivity index (χ0v) is 14.9. The van der Waals surface area contributed by atoms with Crippen LogP contribution >= 0.6 is 0 Å². The van der Waals surface area contributed by atoms with E-state index in [2.05, 4.69) is 33.7 Å². The molecule has 1 unspecified atom stereocenters. The van der Waals surface area contributed by atoms with Crippen LogP contribution in [0.25, 0.3) is 10.8 Å². The molecule has 2 heterocycles. The van der Waals surface area contributed by atoms with Crippen molar-refractivity contribution >= 4 is 16.7 Å². The van der Waals surface area contributed by atoms with Crippen molar-refractivity contribution in [3.8, 4) is 5.75 Å². The van der Waals surface area contributed by atoms with Crippen molar-refractivity contribution in [1.29, 1.82) is 0 Å². The van der Waals surface area contributed by atoms with Gasteiger partial charge in [0.05, 0.1) is 13.2 Å². The summed E-state index contributed by atoms with van der Waals surface area (Å²) in [5.74, 6) is 0.891. The third kappa shape index (κ3) is 2.69. The predicted molar refractivity (Wildman–Crippen MR) is 96.7 cm³/mol. The number of amides is 1. The fraction of sp³-hybridized carbons (Fsp3) is 0.368. The molecule has 0 aliphatic carbocycles. The van der Waals surface area contributed by atoms with Crippen LogP contribution in [0.15, 0.2) is 42.7 Å². The predicted octanol–water partition coefficient (Wildman–Crippen LogP) is 2.76. The van der Waals surface area contributed by atoms with Crippen molar-refractivity contribution < 1.29 is 9.53 Å². The van der Waals surface area contributed by atoms with Crippen molar-refractivity contribution in [3.05, 3.63) is 48.3 Å². The maximum absolute atomic E-state index is 13.1. The van der Waals surface area contributed by atoms with Gasteiger partial charge >= 0.3 is 0 Å². The molecule has 26 heavy (non-hydrogen) atoms. The molecule has 1 saturated heterocycles. The van der Waals surface area contributed by atoms with E-state index in [4.69, 9.17) is 4.74 Å². The van der Waals surface area contributed by atoms with Gasteiger partial charge in [-0.2, -0.15) is 0 Å². The molecule has 2 aromatic carbocycles. The Hall–Kier alpha value is -2.96. The van der Waals surface area contributed by atoms with E-state index >= 15 is 0 Å². The highest BCUT2D eigenvalue weighted by molar-refractivity contribution is 5.92. The number of carbonyl (C=O) groups is 1. The molecule has 3 aromatic rings. The first-order valence-corrected chi connectivity index (χ1v) is 8.79. The Bertz CT molecular complexity index is 925. The number of aromatic nitrogens is 4. The molecule has 0 radical (unpaired) electrons.